The Labute approximate surface area is 242 Å². The van der Waals surface area contributed by atoms with Gasteiger partial charge in [0.15, 0.2) is 9.84 Å². The van der Waals surface area contributed by atoms with Crippen LogP contribution in [0.1, 0.15) is 41.3 Å². The van der Waals surface area contributed by atoms with Gasteiger partial charge in [0.1, 0.15) is 18.8 Å². The van der Waals surface area contributed by atoms with Crippen molar-refractivity contribution in [2.75, 3.05) is 19.4 Å². The Balaban J connectivity index is 1.80. The lowest BCUT2D eigenvalue weighted by Gasteiger charge is -2.44. The SMILES string of the molecule is CCOC(=O)CN1C(=O)[C@H](Cc2ccc(S(C)(=O)=O)cc2C#N)OC(c2ccc(Cl)cc2)C1c1ccc(Cl)cc1. The standard InChI is InChI=1S/C29H26Cl2N2O6S/c1-3-38-26(34)17-33-27(18-4-9-22(30)10-5-18)28(19-6-11-23(31)12-7-19)39-25(29(33)35)15-20-8-13-24(40(2,36)37)14-21(20)16-32/h4-14,25,27-28H,3,15,17H2,1-2H3/t25-,27?,28?/m0/s1. The summed E-state index contributed by atoms with van der Waals surface area (Å²) in [6.07, 6.45) is -0.786. The Morgan fingerprint density at radius 3 is 2.17 bits per heavy atom. The summed E-state index contributed by atoms with van der Waals surface area (Å²) in [5.41, 5.74) is 1.95. The molecule has 0 N–H and O–H groups in total. The number of sulfone groups is 1. The number of esters is 1. The first-order valence-electron chi connectivity index (χ1n) is 12.4. The lowest BCUT2D eigenvalue weighted by Crippen LogP contribution is -2.53. The number of nitrogens with zero attached hydrogens (tertiary/aromatic N) is 2. The molecule has 8 nitrogen and oxygen atoms in total. The van der Waals surface area contributed by atoms with E-state index < -0.39 is 40.0 Å². The number of morpholine rings is 1. The Bertz CT molecular complexity index is 1550. The fraction of sp³-hybridized carbons (Fsp3) is 0.276. The molecule has 1 fully saturated rings. The molecule has 3 aromatic carbocycles. The fourth-order valence-electron chi connectivity index (χ4n) is 4.65. The minimum Gasteiger partial charge on any atom is -0.465 e. The summed E-state index contributed by atoms with van der Waals surface area (Å²) in [6, 6.07) is 19.4. The topological polar surface area (TPSA) is 114 Å². The van der Waals surface area contributed by atoms with Gasteiger partial charge in [-0.3, -0.25) is 9.59 Å². The number of ether oxygens (including phenoxy) is 2. The highest BCUT2D eigenvalue weighted by atomic mass is 35.5. The maximum Gasteiger partial charge on any atom is 0.325 e. The van der Waals surface area contributed by atoms with Gasteiger partial charge in [-0.05, 0) is 60.0 Å². The molecule has 0 aliphatic carbocycles. The molecule has 3 atom stereocenters. The molecule has 3 aromatic rings. The van der Waals surface area contributed by atoms with Gasteiger partial charge in [-0.15, -0.1) is 0 Å². The van der Waals surface area contributed by atoms with Gasteiger partial charge in [-0.1, -0.05) is 53.5 Å². The van der Waals surface area contributed by atoms with Crippen molar-refractivity contribution in [3.8, 4) is 6.07 Å². The zero-order valence-corrected chi connectivity index (χ0v) is 24.0. The van der Waals surface area contributed by atoms with Crippen molar-refractivity contribution in [2.45, 2.75) is 36.5 Å². The predicted octanol–water partition coefficient (Wildman–Crippen LogP) is 5.08. The number of halogens is 2. The second-order valence-electron chi connectivity index (χ2n) is 9.27. The van der Waals surface area contributed by atoms with Crippen LogP contribution in [0.3, 0.4) is 0 Å². The quantitative estimate of drug-likeness (QED) is 0.331. The molecule has 0 bridgehead atoms. The molecule has 4 rings (SSSR count). The van der Waals surface area contributed by atoms with E-state index in [1.165, 1.54) is 23.1 Å². The number of hydrogen-bond donors (Lipinski definition) is 0. The van der Waals surface area contributed by atoms with E-state index in [4.69, 9.17) is 32.7 Å². The molecular weight excluding hydrogens is 575 g/mol. The lowest BCUT2D eigenvalue weighted by molar-refractivity contribution is -0.178. The highest BCUT2D eigenvalue weighted by molar-refractivity contribution is 7.90. The predicted molar refractivity (Wildman–Crippen MR) is 150 cm³/mol. The molecule has 1 saturated heterocycles. The van der Waals surface area contributed by atoms with Crippen molar-refractivity contribution >= 4 is 44.9 Å². The summed E-state index contributed by atoms with van der Waals surface area (Å²) in [5, 5.41) is 10.8. The third-order valence-corrected chi connectivity index (χ3v) is 8.16. The van der Waals surface area contributed by atoms with Gasteiger partial charge in [0, 0.05) is 22.7 Å². The maximum absolute atomic E-state index is 13.9. The van der Waals surface area contributed by atoms with Crippen LogP contribution in [-0.2, 0) is 35.3 Å². The Hall–Kier alpha value is -3.42. The second kappa shape index (κ2) is 12.4. The molecule has 208 valence electrons. The number of amides is 1. The number of carbonyl (C=O) groups excluding carboxylic acids is 2. The highest BCUT2D eigenvalue weighted by Crippen LogP contribution is 2.43. The van der Waals surface area contributed by atoms with Crippen LogP contribution in [-0.4, -0.2) is 50.7 Å². The third kappa shape index (κ3) is 6.65. The molecule has 40 heavy (non-hydrogen) atoms. The number of benzene rings is 3. The van der Waals surface area contributed by atoms with Crippen LogP contribution in [0, 0.1) is 11.3 Å². The Morgan fingerprint density at radius 2 is 1.62 bits per heavy atom. The molecule has 0 radical (unpaired) electrons. The van der Waals surface area contributed by atoms with Crippen molar-refractivity contribution in [2.24, 2.45) is 0 Å². The van der Waals surface area contributed by atoms with Crippen LogP contribution in [0.4, 0.5) is 0 Å². The van der Waals surface area contributed by atoms with Gasteiger partial charge in [0.05, 0.1) is 29.2 Å². The van der Waals surface area contributed by atoms with Gasteiger partial charge in [0.25, 0.3) is 5.91 Å². The maximum atomic E-state index is 13.9. The van der Waals surface area contributed by atoms with E-state index in [9.17, 15) is 23.3 Å². The Morgan fingerprint density at radius 1 is 1.02 bits per heavy atom. The van der Waals surface area contributed by atoms with E-state index in [2.05, 4.69) is 0 Å². The minimum absolute atomic E-state index is 0.00512. The number of rotatable bonds is 8. The third-order valence-electron chi connectivity index (χ3n) is 6.54. The van der Waals surface area contributed by atoms with Gasteiger partial charge in [-0.25, -0.2) is 8.42 Å². The summed E-state index contributed by atoms with van der Waals surface area (Å²) in [7, 11) is -3.54. The summed E-state index contributed by atoms with van der Waals surface area (Å²) in [6.45, 7) is 1.49. The van der Waals surface area contributed by atoms with Gasteiger partial charge < -0.3 is 14.4 Å². The van der Waals surface area contributed by atoms with Crippen LogP contribution in [0.5, 0.6) is 0 Å². The fourth-order valence-corrected chi connectivity index (χ4v) is 5.55. The summed E-state index contributed by atoms with van der Waals surface area (Å²) in [4.78, 5) is 28.0. The molecule has 1 aliphatic heterocycles. The van der Waals surface area contributed by atoms with Crippen LogP contribution < -0.4 is 0 Å². The molecule has 1 aliphatic rings. The van der Waals surface area contributed by atoms with Gasteiger partial charge in [-0.2, -0.15) is 5.26 Å². The summed E-state index contributed by atoms with van der Waals surface area (Å²) < 4.78 is 35.6. The smallest absolute Gasteiger partial charge is 0.325 e. The molecule has 0 saturated carbocycles. The first-order valence-corrected chi connectivity index (χ1v) is 15.0. The Kier molecular flexibility index (Phi) is 9.16. The number of nitriles is 1. The van der Waals surface area contributed by atoms with Crippen LogP contribution in [0.25, 0.3) is 0 Å². The van der Waals surface area contributed by atoms with Crippen molar-refractivity contribution in [1.29, 1.82) is 5.26 Å². The van der Waals surface area contributed by atoms with Crippen molar-refractivity contribution in [1.82, 2.24) is 4.90 Å². The van der Waals surface area contributed by atoms with Crippen LogP contribution >= 0.6 is 23.2 Å². The van der Waals surface area contributed by atoms with Crippen molar-refractivity contribution in [3.63, 3.8) is 0 Å². The average Bonchev–Trinajstić information content (AvgIpc) is 2.91. The average molecular weight is 602 g/mol. The van der Waals surface area contributed by atoms with E-state index in [0.717, 1.165) is 6.26 Å². The molecule has 1 heterocycles. The second-order valence-corrected chi connectivity index (χ2v) is 12.2. The van der Waals surface area contributed by atoms with Crippen molar-refractivity contribution < 1.29 is 27.5 Å². The number of hydrogen-bond acceptors (Lipinski definition) is 7. The zero-order chi connectivity index (χ0) is 29.0. The summed E-state index contributed by atoms with van der Waals surface area (Å²) >= 11 is 12.3. The molecule has 1 amide bonds. The molecule has 0 aromatic heterocycles. The molecular formula is C29H26Cl2N2O6S. The van der Waals surface area contributed by atoms with Crippen LogP contribution in [0.2, 0.25) is 10.0 Å². The number of carbonyl (C=O) groups is 2. The van der Waals surface area contributed by atoms with E-state index in [1.807, 2.05) is 6.07 Å². The van der Waals surface area contributed by atoms with E-state index >= 15 is 0 Å². The van der Waals surface area contributed by atoms with Crippen molar-refractivity contribution in [3.05, 3.63) is 99.0 Å². The van der Waals surface area contributed by atoms with E-state index in [-0.39, 0.29) is 30.0 Å². The molecule has 2 unspecified atom stereocenters. The van der Waals surface area contributed by atoms with E-state index in [0.29, 0.717) is 26.7 Å². The monoisotopic (exact) mass is 600 g/mol. The lowest BCUT2D eigenvalue weighted by atomic mass is 9.90. The first kappa shape index (κ1) is 29.6. The molecule has 0 spiro atoms. The molecule has 11 heteroatoms. The van der Waals surface area contributed by atoms with E-state index in [1.54, 1.807) is 55.5 Å². The highest BCUT2D eigenvalue weighted by Gasteiger charge is 2.45. The van der Waals surface area contributed by atoms with Crippen LogP contribution in [0.15, 0.2) is 71.6 Å². The minimum atomic E-state index is -3.54. The first-order chi connectivity index (χ1) is 19.0. The largest absolute Gasteiger partial charge is 0.465 e. The normalized spacial score (nSPS) is 19.2. The van der Waals surface area contributed by atoms with Gasteiger partial charge >= 0.3 is 5.97 Å². The van der Waals surface area contributed by atoms with Gasteiger partial charge in [0.2, 0.25) is 0 Å². The zero-order valence-electron chi connectivity index (χ0n) is 21.7. The summed E-state index contributed by atoms with van der Waals surface area (Å²) in [5.74, 6) is -1.06.